The van der Waals surface area contributed by atoms with Crippen molar-refractivity contribution in [2.24, 2.45) is 11.8 Å². The predicted molar refractivity (Wildman–Crippen MR) is 44.1 cm³/mol. The lowest BCUT2D eigenvalue weighted by Crippen LogP contribution is -2.13. The van der Waals surface area contributed by atoms with Crippen molar-refractivity contribution in [3.05, 3.63) is 0 Å². The Balaban J connectivity index is 3.58. The van der Waals surface area contributed by atoms with Gasteiger partial charge in [-0.3, -0.25) is 0 Å². The van der Waals surface area contributed by atoms with Gasteiger partial charge in [0.15, 0.2) is 0 Å². The minimum absolute atomic E-state index is 0.208. The van der Waals surface area contributed by atoms with E-state index in [0.29, 0.717) is 11.8 Å². The lowest BCUT2D eigenvalue weighted by atomic mass is 9.95. The van der Waals surface area contributed by atoms with Gasteiger partial charge in [0.1, 0.15) is 4.84 Å². The van der Waals surface area contributed by atoms with Crippen LogP contribution < -0.4 is 0 Å². The molecule has 0 saturated carbocycles. The Morgan fingerprint density at radius 2 is 1.67 bits per heavy atom. The van der Waals surface area contributed by atoms with Gasteiger partial charge in [0, 0.05) is 0 Å². The molecule has 0 rings (SSSR count). The molecule has 2 unspecified atom stereocenters. The van der Waals surface area contributed by atoms with Crippen molar-refractivity contribution in [1.82, 2.24) is 0 Å². The van der Waals surface area contributed by atoms with Crippen LogP contribution in [0.4, 0.5) is 0 Å². The molecule has 56 valence electrons. The average Bonchev–Trinajstić information content (AvgIpc) is 1.84. The van der Waals surface area contributed by atoms with Gasteiger partial charge < -0.3 is 0 Å². The van der Waals surface area contributed by atoms with Crippen LogP contribution in [0.5, 0.6) is 0 Å². The van der Waals surface area contributed by atoms with Crippen molar-refractivity contribution in [1.29, 1.82) is 0 Å². The third kappa shape index (κ3) is 3.32. The van der Waals surface area contributed by atoms with Crippen LogP contribution in [0.2, 0.25) is 0 Å². The van der Waals surface area contributed by atoms with Gasteiger partial charge in [-0.15, -0.1) is 23.2 Å². The van der Waals surface area contributed by atoms with E-state index >= 15 is 0 Å². The van der Waals surface area contributed by atoms with Crippen LogP contribution in [0.1, 0.15) is 27.2 Å². The second kappa shape index (κ2) is 4.40. The molecule has 0 saturated heterocycles. The van der Waals surface area contributed by atoms with Gasteiger partial charge in [-0.2, -0.15) is 0 Å². The van der Waals surface area contributed by atoms with E-state index in [1.807, 2.05) is 0 Å². The fourth-order valence-electron chi connectivity index (χ4n) is 0.620. The molecule has 0 heterocycles. The van der Waals surface area contributed by atoms with Crippen LogP contribution in [-0.4, -0.2) is 4.84 Å². The zero-order chi connectivity index (χ0) is 7.44. The summed E-state index contributed by atoms with van der Waals surface area (Å²) in [5.41, 5.74) is 0. The van der Waals surface area contributed by atoms with E-state index in [0.717, 1.165) is 6.42 Å². The number of halogens is 2. The quantitative estimate of drug-likeness (QED) is 0.567. The van der Waals surface area contributed by atoms with Gasteiger partial charge in [-0.05, 0) is 11.8 Å². The summed E-state index contributed by atoms with van der Waals surface area (Å²) < 4.78 is 0. The highest BCUT2D eigenvalue weighted by Gasteiger charge is 2.16. The third-order valence-electron chi connectivity index (χ3n) is 1.94. The molecule has 0 radical (unpaired) electrons. The van der Waals surface area contributed by atoms with Crippen LogP contribution in [-0.2, 0) is 0 Å². The smallest absolute Gasteiger partial charge is 0.105 e. The van der Waals surface area contributed by atoms with Crippen LogP contribution in [0.3, 0.4) is 0 Å². The molecule has 0 aliphatic heterocycles. The first-order valence-corrected chi connectivity index (χ1v) is 4.25. The molecule has 0 aromatic rings. The van der Waals surface area contributed by atoms with Gasteiger partial charge in [0.2, 0.25) is 0 Å². The van der Waals surface area contributed by atoms with Crippen molar-refractivity contribution in [3.8, 4) is 0 Å². The zero-order valence-corrected chi connectivity index (χ0v) is 7.71. The summed E-state index contributed by atoms with van der Waals surface area (Å²) in [6.45, 7) is 6.40. The van der Waals surface area contributed by atoms with E-state index in [2.05, 4.69) is 20.8 Å². The second-order valence-electron chi connectivity index (χ2n) is 2.58. The molecule has 0 aromatic heterocycles. The molecule has 0 nitrogen and oxygen atoms in total. The Bertz CT molecular complexity index is 71.3. The fourth-order valence-corrected chi connectivity index (χ4v) is 1.12. The predicted octanol–water partition coefficient (Wildman–Crippen LogP) is 3.47. The highest BCUT2D eigenvalue weighted by Crippen LogP contribution is 2.24. The first-order valence-electron chi connectivity index (χ1n) is 3.37. The highest BCUT2D eigenvalue weighted by atomic mass is 35.5. The molecule has 2 heteroatoms. The van der Waals surface area contributed by atoms with Crippen LogP contribution >= 0.6 is 23.2 Å². The van der Waals surface area contributed by atoms with E-state index in [4.69, 9.17) is 23.2 Å². The summed E-state index contributed by atoms with van der Waals surface area (Å²) in [5, 5.41) is 0. The lowest BCUT2D eigenvalue weighted by Gasteiger charge is -2.18. The normalized spacial score (nSPS) is 18.0. The molecule has 0 bridgehead atoms. The van der Waals surface area contributed by atoms with Gasteiger partial charge in [0.05, 0.1) is 0 Å². The third-order valence-corrected chi connectivity index (χ3v) is 2.73. The van der Waals surface area contributed by atoms with Crippen molar-refractivity contribution < 1.29 is 0 Å². The SMILES string of the molecule is CCC(C)C(C)C(Cl)Cl. The second-order valence-corrected chi connectivity index (χ2v) is 3.74. The summed E-state index contributed by atoms with van der Waals surface area (Å²) in [7, 11) is 0. The minimum atomic E-state index is -0.208. The topological polar surface area (TPSA) is 0 Å². The number of alkyl halides is 2. The van der Waals surface area contributed by atoms with Crippen molar-refractivity contribution in [3.63, 3.8) is 0 Å². The maximum absolute atomic E-state index is 5.67. The molecular weight excluding hydrogens is 155 g/mol. The standard InChI is InChI=1S/C7H14Cl2/c1-4-5(2)6(3)7(8)9/h5-7H,4H2,1-3H3. The minimum Gasteiger partial charge on any atom is -0.105 e. The van der Waals surface area contributed by atoms with E-state index in [1.165, 1.54) is 0 Å². The summed E-state index contributed by atoms with van der Waals surface area (Å²) in [6.07, 6.45) is 1.15. The summed E-state index contributed by atoms with van der Waals surface area (Å²) in [4.78, 5) is -0.208. The lowest BCUT2D eigenvalue weighted by molar-refractivity contribution is 0.398. The molecule has 9 heavy (non-hydrogen) atoms. The van der Waals surface area contributed by atoms with Crippen molar-refractivity contribution >= 4 is 23.2 Å². The largest absolute Gasteiger partial charge is 0.110 e. The highest BCUT2D eigenvalue weighted by molar-refractivity contribution is 6.44. The molecule has 0 aliphatic carbocycles. The monoisotopic (exact) mass is 168 g/mol. The van der Waals surface area contributed by atoms with Gasteiger partial charge in [-0.25, -0.2) is 0 Å². The van der Waals surface area contributed by atoms with Gasteiger partial charge >= 0.3 is 0 Å². The Morgan fingerprint density at radius 1 is 1.22 bits per heavy atom. The molecule has 0 aliphatic rings. The molecule has 0 fully saturated rings. The molecule has 0 spiro atoms. The zero-order valence-electron chi connectivity index (χ0n) is 6.20. The number of hydrogen-bond acceptors (Lipinski definition) is 0. The maximum Gasteiger partial charge on any atom is 0.110 e. The Labute approximate surface area is 67.5 Å². The Hall–Kier alpha value is 0.580. The summed E-state index contributed by atoms with van der Waals surface area (Å²) >= 11 is 11.3. The van der Waals surface area contributed by atoms with Crippen LogP contribution in [0.15, 0.2) is 0 Å². The van der Waals surface area contributed by atoms with Crippen LogP contribution in [0.25, 0.3) is 0 Å². The van der Waals surface area contributed by atoms with E-state index in [-0.39, 0.29) is 4.84 Å². The molecule has 0 aromatic carbocycles. The van der Waals surface area contributed by atoms with E-state index in [1.54, 1.807) is 0 Å². The van der Waals surface area contributed by atoms with Crippen molar-refractivity contribution in [2.75, 3.05) is 0 Å². The van der Waals surface area contributed by atoms with Gasteiger partial charge in [-0.1, -0.05) is 27.2 Å². The first-order chi connectivity index (χ1) is 4.09. The van der Waals surface area contributed by atoms with E-state index in [9.17, 15) is 0 Å². The summed E-state index contributed by atoms with van der Waals surface area (Å²) in [6, 6.07) is 0. The van der Waals surface area contributed by atoms with Crippen molar-refractivity contribution in [2.45, 2.75) is 32.0 Å². The van der Waals surface area contributed by atoms with Crippen LogP contribution in [0, 0.1) is 11.8 Å². The summed E-state index contributed by atoms with van der Waals surface area (Å²) in [5.74, 6) is 1.04. The first kappa shape index (κ1) is 9.58. The maximum atomic E-state index is 5.67. The average molecular weight is 169 g/mol. The molecular formula is C7H14Cl2. The Kier molecular flexibility index (Phi) is 4.69. The number of hydrogen-bond donors (Lipinski definition) is 0. The van der Waals surface area contributed by atoms with Gasteiger partial charge in [0.25, 0.3) is 0 Å². The van der Waals surface area contributed by atoms with E-state index < -0.39 is 0 Å². The Morgan fingerprint density at radius 3 is 1.78 bits per heavy atom. The molecule has 0 N–H and O–H groups in total. The number of rotatable bonds is 3. The molecule has 2 atom stereocenters. The fraction of sp³-hybridized carbons (Fsp3) is 1.00. The molecule has 0 amide bonds.